The predicted molar refractivity (Wildman–Crippen MR) is 87.9 cm³/mol. The van der Waals surface area contributed by atoms with Crippen LogP contribution in [0.5, 0.6) is 0 Å². The maximum Gasteiger partial charge on any atom is 0.246 e. The van der Waals surface area contributed by atoms with Crippen molar-refractivity contribution in [2.45, 2.75) is 43.5 Å². The van der Waals surface area contributed by atoms with Gasteiger partial charge in [-0.05, 0) is 53.6 Å². The second kappa shape index (κ2) is 6.62. The van der Waals surface area contributed by atoms with Crippen molar-refractivity contribution >= 4 is 31.8 Å². The fourth-order valence-electron chi connectivity index (χ4n) is 2.76. The molecule has 2 rings (SSSR count). The Labute approximate surface area is 135 Å². The Morgan fingerprint density at radius 3 is 2.52 bits per heavy atom. The lowest BCUT2D eigenvalue weighted by Crippen LogP contribution is -2.39. The summed E-state index contributed by atoms with van der Waals surface area (Å²) in [5.41, 5.74) is 0. The van der Waals surface area contributed by atoms with Crippen LogP contribution >= 0.6 is 15.9 Å². The zero-order valence-corrected chi connectivity index (χ0v) is 15.0. The molecular weight excluding hydrogens is 354 g/mol. The molecule has 1 heterocycles. The summed E-state index contributed by atoms with van der Waals surface area (Å²) in [6, 6.07) is 1.69. The highest BCUT2D eigenvalue weighted by atomic mass is 79.9. The lowest BCUT2D eigenvalue weighted by Gasteiger charge is -2.33. The van der Waals surface area contributed by atoms with Gasteiger partial charge in [-0.1, -0.05) is 6.92 Å². The first kappa shape index (κ1) is 16.7. The zero-order valence-electron chi connectivity index (χ0n) is 12.6. The highest BCUT2D eigenvalue weighted by Gasteiger charge is 2.32. The smallest absolute Gasteiger partial charge is 0.246 e. The summed E-state index contributed by atoms with van der Waals surface area (Å²) in [5, 5.41) is 2.86. The molecule has 1 aromatic heterocycles. The molecule has 0 aliphatic heterocycles. The monoisotopic (exact) mass is 375 g/mol. The Kier molecular flexibility index (Phi) is 5.27. The van der Waals surface area contributed by atoms with Crippen LogP contribution in [-0.4, -0.2) is 37.8 Å². The fraction of sp³-hybridized carbons (Fsp3) is 0.643. The number of nitrogens with one attached hydrogen (secondary N) is 1. The third kappa shape index (κ3) is 3.57. The molecule has 1 aliphatic carbocycles. The van der Waals surface area contributed by atoms with Gasteiger partial charge in [-0.15, -0.1) is 0 Å². The Morgan fingerprint density at radius 1 is 1.33 bits per heavy atom. The molecule has 0 amide bonds. The van der Waals surface area contributed by atoms with Crippen molar-refractivity contribution in [1.82, 2.24) is 9.29 Å². The highest BCUT2D eigenvalue weighted by Crippen LogP contribution is 2.32. The summed E-state index contributed by atoms with van der Waals surface area (Å²) in [6.07, 6.45) is 5.61. The quantitative estimate of drug-likeness (QED) is 0.877. The van der Waals surface area contributed by atoms with Gasteiger partial charge in [0.05, 0.1) is 0 Å². The summed E-state index contributed by atoms with van der Waals surface area (Å²) in [5.74, 6) is 1.08. The molecule has 0 radical (unpaired) electrons. The number of sulfonamides is 1. The van der Waals surface area contributed by atoms with Gasteiger partial charge in [0.2, 0.25) is 10.0 Å². The first-order chi connectivity index (χ1) is 9.86. The van der Waals surface area contributed by atoms with E-state index in [1.54, 1.807) is 26.4 Å². The fourth-order valence-corrected chi connectivity index (χ4v) is 4.83. The van der Waals surface area contributed by atoms with Crippen LogP contribution in [0.25, 0.3) is 0 Å². The Morgan fingerprint density at radius 2 is 1.95 bits per heavy atom. The van der Waals surface area contributed by atoms with E-state index in [4.69, 9.17) is 0 Å². The van der Waals surface area contributed by atoms with E-state index in [0.717, 1.165) is 25.7 Å². The average Bonchev–Trinajstić information content (AvgIpc) is 2.47. The van der Waals surface area contributed by atoms with E-state index in [2.05, 4.69) is 33.2 Å². The van der Waals surface area contributed by atoms with Crippen LogP contribution in [0.15, 0.2) is 21.6 Å². The van der Waals surface area contributed by atoms with Crippen molar-refractivity contribution in [2.75, 3.05) is 19.4 Å². The molecule has 0 spiro atoms. The summed E-state index contributed by atoms with van der Waals surface area (Å²) in [7, 11) is -0.188. The molecule has 118 valence electrons. The van der Waals surface area contributed by atoms with Gasteiger partial charge < -0.3 is 5.32 Å². The van der Waals surface area contributed by atoms with Crippen LogP contribution in [0.4, 0.5) is 5.82 Å². The van der Waals surface area contributed by atoms with E-state index in [1.165, 1.54) is 4.31 Å². The van der Waals surface area contributed by atoms with Crippen LogP contribution < -0.4 is 5.32 Å². The lowest BCUT2D eigenvalue weighted by molar-refractivity contribution is 0.246. The number of aromatic nitrogens is 1. The number of hydrogen-bond acceptors (Lipinski definition) is 4. The SMILES string of the molecule is CNc1ncc(Br)cc1S(=O)(=O)N(C)C1CCC(C)CC1. The minimum absolute atomic E-state index is 0.0786. The van der Waals surface area contributed by atoms with E-state index < -0.39 is 10.0 Å². The second-order valence-corrected chi connectivity index (χ2v) is 8.57. The van der Waals surface area contributed by atoms with Gasteiger partial charge in [-0.3, -0.25) is 0 Å². The standard InChI is InChI=1S/C14H22BrN3O2S/c1-10-4-6-12(7-5-10)18(3)21(19,20)13-8-11(15)9-17-14(13)16-2/h8-10,12H,4-7H2,1-3H3,(H,16,17). The molecule has 0 aromatic carbocycles. The van der Waals surface area contributed by atoms with E-state index in [1.807, 2.05) is 0 Å². The van der Waals surface area contributed by atoms with Gasteiger partial charge in [0.1, 0.15) is 10.7 Å². The molecule has 1 N–H and O–H groups in total. The van der Waals surface area contributed by atoms with Crippen LogP contribution in [0.3, 0.4) is 0 Å². The Bertz CT molecular complexity index is 598. The Hall–Kier alpha value is -0.660. The summed E-state index contributed by atoms with van der Waals surface area (Å²) >= 11 is 3.30. The van der Waals surface area contributed by atoms with Gasteiger partial charge in [0, 0.05) is 30.8 Å². The molecule has 5 nitrogen and oxygen atoms in total. The van der Waals surface area contributed by atoms with Gasteiger partial charge in [-0.2, -0.15) is 4.31 Å². The maximum absolute atomic E-state index is 12.9. The van der Waals surface area contributed by atoms with Gasteiger partial charge in [-0.25, -0.2) is 13.4 Å². The minimum Gasteiger partial charge on any atom is -0.372 e. The number of pyridine rings is 1. The number of anilines is 1. The van der Waals surface area contributed by atoms with Gasteiger partial charge >= 0.3 is 0 Å². The largest absolute Gasteiger partial charge is 0.372 e. The van der Waals surface area contributed by atoms with Crippen molar-refractivity contribution in [2.24, 2.45) is 5.92 Å². The maximum atomic E-state index is 12.9. The molecule has 1 aliphatic rings. The summed E-state index contributed by atoms with van der Waals surface area (Å²) in [6.45, 7) is 2.22. The first-order valence-electron chi connectivity index (χ1n) is 7.17. The third-order valence-corrected chi connectivity index (χ3v) is 6.57. The molecule has 7 heteroatoms. The first-order valence-corrected chi connectivity index (χ1v) is 9.41. The van der Waals surface area contributed by atoms with E-state index >= 15 is 0 Å². The molecule has 0 unspecified atom stereocenters. The van der Waals surface area contributed by atoms with Crippen molar-refractivity contribution in [3.05, 3.63) is 16.7 Å². The number of rotatable bonds is 4. The van der Waals surface area contributed by atoms with Crippen molar-refractivity contribution in [3.8, 4) is 0 Å². The van der Waals surface area contributed by atoms with Crippen LogP contribution in [0, 0.1) is 5.92 Å². The number of nitrogens with zero attached hydrogens (tertiary/aromatic N) is 2. The van der Waals surface area contributed by atoms with E-state index in [0.29, 0.717) is 16.2 Å². The third-order valence-electron chi connectivity index (χ3n) is 4.21. The summed E-state index contributed by atoms with van der Waals surface area (Å²) < 4.78 is 27.9. The zero-order chi connectivity index (χ0) is 15.6. The molecule has 0 bridgehead atoms. The molecular formula is C14H22BrN3O2S. The number of halogens is 1. The topological polar surface area (TPSA) is 62.3 Å². The number of hydrogen-bond donors (Lipinski definition) is 1. The minimum atomic E-state index is -3.54. The van der Waals surface area contributed by atoms with Crippen LogP contribution in [-0.2, 0) is 10.0 Å². The van der Waals surface area contributed by atoms with Crippen molar-refractivity contribution in [1.29, 1.82) is 0 Å². The van der Waals surface area contributed by atoms with Crippen molar-refractivity contribution in [3.63, 3.8) is 0 Å². The Balaban J connectivity index is 2.31. The summed E-state index contributed by atoms with van der Waals surface area (Å²) in [4.78, 5) is 4.36. The molecule has 21 heavy (non-hydrogen) atoms. The average molecular weight is 376 g/mol. The van der Waals surface area contributed by atoms with E-state index in [9.17, 15) is 8.42 Å². The lowest BCUT2D eigenvalue weighted by atomic mass is 9.87. The van der Waals surface area contributed by atoms with Crippen molar-refractivity contribution < 1.29 is 8.42 Å². The highest BCUT2D eigenvalue weighted by molar-refractivity contribution is 9.10. The molecule has 0 saturated heterocycles. The normalized spacial score (nSPS) is 23.3. The molecule has 1 saturated carbocycles. The predicted octanol–water partition coefficient (Wildman–Crippen LogP) is 3.09. The van der Waals surface area contributed by atoms with Gasteiger partial charge in [0.25, 0.3) is 0 Å². The molecule has 1 fully saturated rings. The van der Waals surface area contributed by atoms with Gasteiger partial charge in [0.15, 0.2) is 0 Å². The second-order valence-electron chi connectivity index (χ2n) is 5.69. The molecule has 0 atom stereocenters. The molecule has 1 aromatic rings. The van der Waals surface area contributed by atoms with Crippen LogP contribution in [0.1, 0.15) is 32.6 Å². The van der Waals surface area contributed by atoms with Crippen LogP contribution in [0.2, 0.25) is 0 Å². The van der Waals surface area contributed by atoms with E-state index in [-0.39, 0.29) is 10.9 Å².